The first-order valence-electron chi connectivity index (χ1n) is 10.7. The van der Waals surface area contributed by atoms with Gasteiger partial charge in [0.1, 0.15) is 5.82 Å². The van der Waals surface area contributed by atoms with E-state index in [0.717, 1.165) is 42.8 Å². The Morgan fingerprint density at radius 2 is 2.07 bits per heavy atom. The Morgan fingerprint density at radius 3 is 2.77 bits per heavy atom. The number of nitrogens with zero attached hydrogens (tertiary/aromatic N) is 5. The lowest BCUT2D eigenvalue weighted by molar-refractivity contribution is -0.0193. The van der Waals surface area contributed by atoms with Crippen LogP contribution in [0, 0.1) is 0 Å². The minimum absolute atomic E-state index is 0.0130. The van der Waals surface area contributed by atoms with Gasteiger partial charge in [0.2, 0.25) is 0 Å². The smallest absolute Gasteiger partial charge is 0.177 e. The molecule has 2 N–H and O–H groups in total. The lowest BCUT2D eigenvalue weighted by Crippen LogP contribution is -2.44. The maximum Gasteiger partial charge on any atom is 0.177 e. The molecule has 0 radical (unpaired) electrons. The Balaban J connectivity index is 1.50. The van der Waals surface area contributed by atoms with Crippen LogP contribution in [0.4, 0.5) is 5.82 Å². The van der Waals surface area contributed by atoms with E-state index < -0.39 is 5.60 Å². The molecule has 3 aliphatic rings. The minimum atomic E-state index is -0.915. The van der Waals surface area contributed by atoms with Crippen LogP contribution >= 0.6 is 0 Å². The van der Waals surface area contributed by atoms with Crippen molar-refractivity contribution in [3.8, 4) is 5.82 Å². The molecule has 1 saturated carbocycles. The second kappa shape index (κ2) is 6.50. The number of aliphatic hydroxyl groups is 1. The summed E-state index contributed by atoms with van der Waals surface area (Å²) in [6, 6.07) is 4.14. The fraction of sp³-hybridized carbons (Fsp3) is 0.571. The van der Waals surface area contributed by atoms with Crippen LogP contribution in [0.5, 0.6) is 0 Å². The van der Waals surface area contributed by atoms with E-state index in [1.807, 2.05) is 6.07 Å². The normalized spacial score (nSPS) is 31.5. The molecule has 0 aromatic carbocycles. The molecule has 1 unspecified atom stereocenters. The number of epoxide rings is 1. The molecule has 5 heterocycles. The molecule has 3 fully saturated rings. The van der Waals surface area contributed by atoms with Gasteiger partial charge in [-0.25, -0.2) is 4.98 Å². The van der Waals surface area contributed by atoms with Crippen LogP contribution < -0.4 is 4.90 Å². The number of nitrogens with one attached hydrogen (secondary N) is 1. The Hall–Kier alpha value is -2.49. The van der Waals surface area contributed by atoms with Crippen LogP contribution in [0.15, 0.2) is 24.5 Å². The molecule has 0 bridgehead atoms. The first kappa shape index (κ1) is 18.3. The monoisotopic (exact) mass is 410 g/mol. The van der Waals surface area contributed by atoms with Crippen LogP contribution in [-0.2, 0) is 15.1 Å². The van der Waals surface area contributed by atoms with Crippen molar-refractivity contribution in [1.29, 1.82) is 0 Å². The van der Waals surface area contributed by atoms with Crippen molar-refractivity contribution < 1.29 is 14.6 Å². The van der Waals surface area contributed by atoms with Crippen molar-refractivity contribution in [2.24, 2.45) is 0 Å². The molecular weight excluding hydrogens is 384 g/mol. The first-order valence-corrected chi connectivity index (χ1v) is 10.7. The van der Waals surface area contributed by atoms with Gasteiger partial charge in [-0.1, -0.05) is 0 Å². The van der Waals surface area contributed by atoms with Crippen LogP contribution in [-0.4, -0.2) is 68.1 Å². The zero-order valence-corrected chi connectivity index (χ0v) is 17.0. The third-order valence-corrected chi connectivity index (χ3v) is 6.94. The number of morpholine rings is 1. The van der Waals surface area contributed by atoms with E-state index in [0.29, 0.717) is 37.5 Å². The van der Waals surface area contributed by atoms with Gasteiger partial charge in [0, 0.05) is 24.2 Å². The zero-order chi connectivity index (χ0) is 20.3. The fourth-order valence-electron chi connectivity index (χ4n) is 4.90. The quantitative estimate of drug-likeness (QED) is 0.636. The number of anilines is 1. The molecule has 9 nitrogen and oxygen atoms in total. The lowest BCUT2D eigenvalue weighted by atomic mass is 9.74. The predicted molar refractivity (Wildman–Crippen MR) is 110 cm³/mol. The summed E-state index contributed by atoms with van der Waals surface area (Å²) in [4.78, 5) is 7.23. The van der Waals surface area contributed by atoms with Crippen LogP contribution in [0.3, 0.4) is 0 Å². The second-order valence-electron chi connectivity index (χ2n) is 8.87. The van der Waals surface area contributed by atoms with E-state index in [1.54, 1.807) is 17.1 Å². The summed E-state index contributed by atoms with van der Waals surface area (Å²) in [5, 5.41) is 24.3. The van der Waals surface area contributed by atoms with E-state index in [9.17, 15) is 5.11 Å². The SMILES string of the molecule is CC1COCCN1c1cc(C2(O)CCC3(CC2)CO3)c2cnn(-c3cc[nH]n3)c2n1. The Kier molecular flexibility index (Phi) is 3.96. The van der Waals surface area contributed by atoms with E-state index in [2.05, 4.69) is 33.2 Å². The van der Waals surface area contributed by atoms with Crippen molar-refractivity contribution in [3.63, 3.8) is 0 Å². The van der Waals surface area contributed by atoms with Crippen molar-refractivity contribution in [2.75, 3.05) is 31.3 Å². The molecule has 9 heteroatoms. The summed E-state index contributed by atoms with van der Waals surface area (Å²) in [7, 11) is 0. The number of rotatable bonds is 3. The standard InChI is InChI=1S/C21H26N6O3/c1-14-12-29-9-8-26(14)18-10-16(21(28)5-3-20(4-6-21)13-30-20)15-11-23-27(19(15)24-18)17-2-7-22-25-17/h2,7,10-11,14,28H,3-6,8-9,12-13H2,1H3,(H,22,25). The van der Waals surface area contributed by atoms with Crippen LogP contribution in [0.2, 0.25) is 0 Å². The number of ether oxygens (including phenoxy) is 2. The molecule has 158 valence electrons. The molecule has 3 aromatic rings. The number of H-pyrrole nitrogens is 1. The summed E-state index contributed by atoms with van der Waals surface area (Å²) in [5.41, 5.74) is 0.712. The number of aromatic amines is 1. The van der Waals surface area contributed by atoms with Gasteiger partial charge in [-0.15, -0.1) is 0 Å². The molecule has 1 aliphatic carbocycles. The van der Waals surface area contributed by atoms with Crippen molar-refractivity contribution >= 4 is 16.9 Å². The Labute approximate surface area is 174 Å². The van der Waals surface area contributed by atoms with E-state index in [-0.39, 0.29) is 11.6 Å². The molecule has 1 spiro atoms. The van der Waals surface area contributed by atoms with Gasteiger partial charge in [0.05, 0.1) is 43.3 Å². The van der Waals surface area contributed by atoms with Gasteiger partial charge in [0.25, 0.3) is 0 Å². The number of fused-ring (bicyclic) bond motifs is 1. The second-order valence-corrected chi connectivity index (χ2v) is 8.87. The van der Waals surface area contributed by atoms with Gasteiger partial charge in [-0.3, -0.25) is 5.10 Å². The van der Waals surface area contributed by atoms with Crippen LogP contribution in [0.25, 0.3) is 16.9 Å². The van der Waals surface area contributed by atoms with Gasteiger partial charge < -0.3 is 19.5 Å². The fourth-order valence-corrected chi connectivity index (χ4v) is 4.90. The van der Waals surface area contributed by atoms with Gasteiger partial charge in [0.15, 0.2) is 11.5 Å². The summed E-state index contributed by atoms with van der Waals surface area (Å²) < 4.78 is 13.0. The molecule has 3 aromatic heterocycles. The summed E-state index contributed by atoms with van der Waals surface area (Å²) >= 11 is 0. The number of pyridine rings is 1. The molecule has 6 rings (SSSR count). The number of aromatic nitrogens is 5. The maximum atomic E-state index is 11.7. The minimum Gasteiger partial charge on any atom is -0.385 e. The first-order chi connectivity index (χ1) is 14.6. The van der Waals surface area contributed by atoms with E-state index >= 15 is 0 Å². The van der Waals surface area contributed by atoms with Crippen molar-refractivity contribution in [2.45, 2.75) is 49.9 Å². The molecule has 0 amide bonds. The Morgan fingerprint density at radius 1 is 1.23 bits per heavy atom. The average molecular weight is 410 g/mol. The summed E-state index contributed by atoms with van der Waals surface area (Å²) in [6.45, 7) is 5.06. The third kappa shape index (κ3) is 2.84. The summed E-state index contributed by atoms with van der Waals surface area (Å²) in [5.74, 6) is 1.53. The molecule has 2 aliphatic heterocycles. The van der Waals surface area contributed by atoms with Gasteiger partial charge in [-0.05, 0) is 44.2 Å². The topological polar surface area (TPSA) is 105 Å². The predicted octanol–water partition coefficient (Wildman–Crippen LogP) is 1.90. The molecule has 30 heavy (non-hydrogen) atoms. The zero-order valence-electron chi connectivity index (χ0n) is 17.0. The van der Waals surface area contributed by atoms with E-state index in [1.165, 1.54) is 0 Å². The highest BCUT2D eigenvalue weighted by Crippen LogP contribution is 2.50. The summed E-state index contributed by atoms with van der Waals surface area (Å²) in [6.07, 6.45) is 6.68. The lowest BCUT2D eigenvalue weighted by Gasteiger charge is -2.38. The molecule has 1 atom stereocenters. The Bertz CT molecular complexity index is 1060. The highest BCUT2D eigenvalue weighted by Gasteiger charge is 2.51. The maximum absolute atomic E-state index is 11.7. The van der Waals surface area contributed by atoms with Gasteiger partial charge >= 0.3 is 0 Å². The van der Waals surface area contributed by atoms with Crippen molar-refractivity contribution in [1.82, 2.24) is 25.0 Å². The van der Waals surface area contributed by atoms with Crippen LogP contribution in [0.1, 0.15) is 38.2 Å². The number of hydrogen-bond acceptors (Lipinski definition) is 7. The third-order valence-electron chi connectivity index (χ3n) is 6.94. The highest BCUT2D eigenvalue weighted by atomic mass is 16.6. The highest BCUT2D eigenvalue weighted by molar-refractivity contribution is 5.83. The van der Waals surface area contributed by atoms with E-state index in [4.69, 9.17) is 14.5 Å². The molecular formula is C21H26N6O3. The van der Waals surface area contributed by atoms with Gasteiger partial charge in [-0.2, -0.15) is 14.9 Å². The largest absolute Gasteiger partial charge is 0.385 e. The van der Waals surface area contributed by atoms with Crippen molar-refractivity contribution in [3.05, 3.63) is 30.1 Å². The average Bonchev–Trinajstić information content (AvgIpc) is 3.14. The molecule has 2 saturated heterocycles. The number of hydrogen-bond donors (Lipinski definition) is 2.